The number of benzene rings is 1. The van der Waals surface area contributed by atoms with Crippen LogP contribution in [0.4, 0.5) is 0 Å². The number of nitrogens with zero attached hydrogens (tertiary/aromatic N) is 1. The van der Waals surface area contributed by atoms with E-state index in [0.29, 0.717) is 23.1 Å². The van der Waals surface area contributed by atoms with Crippen molar-refractivity contribution < 1.29 is 18.7 Å². The van der Waals surface area contributed by atoms with Crippen molar-refractivity contribution in [3.63, 3.8) is 0 Å². The van der Waals surface area contributed by atoms with Crippen molar-refractivity contribution in [2.45, 2.75) is 6.61 Å². The maximum Gasteiger partial charge on any atom is 0.287 e. The summed E-state index contributed by atoms with van der Waals surface area (Å²) in [6.45, 7) is 4.93. The highest BCUT2D eigenvalue weighted by Crippen LogP contribution is 2.19. The Balaban J connectivity index is 1.43. The van der Waals surface area contributed by atoms with Gasteiger partial charge in [0.2, 0.25) is 0 Å². The number of rotatable bonds is 7. The van der Waals surface area contributed by atoms with Crippen molar-refractivity contribution >= 4 is 17.5 Å². The van der Waals surface area contributed by atoms with Crippen LogP contribution in [0.25, 0.3) is 0 Å². The summed E-state index contributed by atoms with van der Waals surface area (Å²) in [7, 11) is 0. The molecule has 0 radical (unpaired) electrons. The van der Waals surface area contributed by atoms with Crippen molar-refractivity contribution in [1.82, 2.24) is 10.2 Å². The fourth-order valence-electron chi connectivity index (χ4n) is 2.53. The number of hydrogen-bond acceptors (Lipinski definition) is 5. The molecule has 1 N–H and O–H groups in total. The van der Waals surface area contributed by atoms with Gasteiger partial charge < -0.3 is 19.2 Å². The summed E-state index contributed by atoms with van der Waals surface area (Å²) in [6, 6.07) is 10.5. The number of morpholine rings is 1. The Morgan fingerprint density at radius 2 is 2.08 bits per heavy atom. The fraction of sp³-hybridized carbons (Fsp3) is 0.389. The lowest BCUT2D eigenvalue weighted by Gasteiger charge is -2.26. The second kappa shape index (κ2) is 8.89. The lowest BCUT2D eigenvalue weighted by atomic mass is 10.3. The van der Waals surface area contributed by atoms with Crippen molar-refractivity contribution in [2.24, 2.45) is 0 Å². The Morgan fingerprint density at radius 3 is 2.88 bits per heavy atom. The van der Waals surface area contributed by atoms with Crippen LogP contribution in [0.5, 0.6) is 5.75 Å². The van der Waals surface area contributed by atoms with Crippen LogP contribution in [0, 0.1) is 0 Å². The van der Waals surface area contributed by atoms with Gasteiger partial charge in [0.25, 0.3) is 5.91 Å². The van der Waals surface area contributed by atoms with Crippen LogP contribution in [0.2, 0.25) is 5.02 Å². The van der Waals surface area contributed by atoms with E-state index in [1.165, 1.54) is 0 Å². The Morgan fingerprint density at radius 1 is 1.24 bits per heavy atom. The van der Waals surface area contributed by atoms with Gasteiger partial charge in [-0.3, -0.25) is 9.69 Å². The zero-order chi connectivity index (χ0) is 17.5. The van der Waals surface area contributed by atoms with Gasteiger partial charge in [-0.1, -0.05) is 17.7 Å². The predicted molar refractivity (Wildman–Crippen MR) is 94.1 cm³/mol. The van der Waals surface area contributed by atoms with E-state index in [2.05, 4.69) is 10.2 Å². The highest BCUT2D eigenvalue weighted by molar-refractivity contribution is 6.30. The zero-order valence-electron chi connectivity index (χ0n) is 13.9. The normalized spacial score (nSPS) is 15.1. The summed E-state index contributed by atoms with van der Waals surface area (Å²) >= 11 is 5.91. The minimum atomic E-state index is -0.220. The molecule has 1 aliphatic heterocycles. The van der Waals surface area contributed by atoms with Crippen LogP contribution < -0.4 is 10.1 Å². The van der Waals surface area contributed by atoms with Gasteiger partial charge in [0, 0.05) is 31.2 Å². The maximum absolute atomic E-state index is 12.1. The molecule has 0 atom stereocenters. The molecule has 1 fully saturated rings. The molecule has 25 heavy (non-hydrogen) atoms. The van der Waals surface area contributed by atoms with Crippen molar-refractivity contribution in [3.05, 3.63) is 52.9 Å². The molecule has 1 aromatic carbocycles. The molecule has 0 saturated carbocycles. The minimum absolute atomic E-state index is 0.220. The Kier molecular flexibility index (Phi) is 6.33. The summed E-state index contributed by atoms with van der Waals surface area (Å²) < 4.78 is 16.4. The van der Waals surface area contributed by atoms with E-state index < -0.39 is 0 Å². The average molecular weight is 365 g/mol. The lowest BCUT2D eigenvalue weighted by Crippen LogP contribution is -2.41. The van der Waals surface area contributed by atoms with Crippen LogP contribution in [0.3, 0.4) is 0 Å². The first kappa shape index (κ1) is 17.8. The monoisotopic (exact) mass is 364 g/mol. The Bertz CT molecular complexity index is 698. The summed E-state index contributed by atoms with van der Waals surface area (Å²) in [6.07, 6.45) is 0. The van der Waals surface area contributed by atoms with E-state index in [1.54, 1.807) is 24.3 Å². The number of carbonyl (C=O) groups excluding carboxylic acids is 1. The van der Waals surface area contributed by atoms with Crippen molar-refractivity contribution in [3.8, 4) is 5.75 Å². The van der Waals surface area contributed by atoms with Gasteiger partial charge in [0.15, 0.2) is 5.76 Å². The third kappa shape index (κ3) is 5.49. The first-order chi connectivity index (χ1) is 12.2. The van der Waals surface area contributed by atoms with Gasteiger partial charge in [-0.05, 0) is 30.3 Å². The largest absolute Gasteiger partial charge is 0.486 e. The van der Waals surface area contributed by atoms with Gasteiger partial charge in [-0.2, -0.15) is 0 Å². The molecule has 0 aliphatic carbocycles. The molecule has 0 bridgehead atoms. The number of amides is 1. The minimum Gasteiger partial charge on any atom is -0.486 e. The third-order valence-corrected chi connectivity index (χ3v) is 4.12. The van der Waals surface area contributed by atoms with E-state index in [1.807, 2.05) is 12.1 Å². The quantitative estimate of drug-likeness (QED) is 0.818. The molecule has 2 heterocycles. The van der Waals surface area contributed by atoms with Crippen LogP contribution in [-0.2, 0) is 11.3 Å². The topological polar surface area (TPSA) is 63.9 Å². The number of furan rings is 1. The molecule has 6 nitrogen and oxygen atoms in total. The highest BCUT2D eigenvalue weighted by atomic mass is 35.5. The molecule has 0 unspecified atom stereocenters. The van der Waals surface area contributed by atoms with E-state index in [4.69, 9.17) is 25.5 Å². The predicted octanol–water partition coefficient (Wildman–Crippen LogP) is 2.57. The van der Waals surface area contributed by atoms with Gasteiger partial charge >= 0.3 is 0 Å². The second-order valence-corrected chi connectivity index (χ2v) is 6.16. The number of hydrogen-bond donors (Lipinski definition) is 1. The van der Waals surface area contributed by atoms with Gasteiger partial charge in [-0.15, -0.1) is 0 Å². The number of halogens is 1. The van der Waals surface area contributed by atoms with Crippen LogP contribution in [0.15, 0.2) is 40.8 Å². The molecule has 0 spiro atoms. The van der Waals surface area contributed by atoms with Crippen LogP contribution in [0.1, 0.15) is 16.3 Å². The summed E-state index contributed by atoms with van der Waals surface area (Å²) in [5, 5.41) is 3.48. The van der Waals surface area contributed by atoms with E-state index in [-0.39, 0.29) is 18.3 Å². The standard InChI is InChI=1S/C18H21ClN2O4/c19-14-2-1-3-15(12-14)24-13-16-4-5-17(25-16)18(22)20-6-7-21-8-10-23-11-9-21/h1-5,12H,6-11,13H2,(H,20,22). The lowest BCUT2D eigenvalue weighted by molar-refractivity contribution is 0.0382. The van der Waals surface area contributed by atoms with Gasteiger partial charge in [0.05, 0.1) is 13.2 Å². The van der Waals surface area contributed by atoms with Gasteiger partial charge in [0.1, 0.15) is 18.1 Å². The fourth-order valence-corrected chi connectivity index (χ4v) is 2.71. The molecule has 134 valence electrons. The van der Waals surface area contributed by atoms with Gasteiger partial charge in [-0.25, -0.2) is 0 Å². The summed E-state index contributed by atoms with van der Waals surface area (Å²) in [5.41, 5.74) is 0. The Labute approximate surface area is 151 Å². The van der Waals surface area contributed by atoms with Crippen LogP contribution in [-0.4, -0.2) is 50.2 Å². The molecule has 1 amide bonds. The molecule has 1 saturated heterocycles. The first-order valence-electron chi connectivity index (χ1n) is 8.26. The number of carbonyl (C=O) groups is 1. The van der Waals surface area contributed by atoms with E-state index >= 15 is 0 Å². The molecule has 2 aromatic rings. The summed E-state index contributed by atoms with van der Waals surface area (Å²) in [5.74, 6) is 1.30. The molecule has 3 rings (SSSR count). The molecular weight excluding hydrogens is 344 g/mol. The second-order valence-electron chi connectivity index (χ2n) is 5.72. The number of ether oxygens (including phenoxy) is 2. The van der Waals surface area contributed by atoms with Crippen LogP contribution >= 0.6 is 11.6 Å². The van der Waals surface area contributed by atoms with Crippen molar-refractivity contribution in [2.75, 3.05) is 39.4 Å². The van der Waals surface area contributed by atoms with E-state index in [0.717, 1.165) is 32.8 Å². The molecule has 1 aliphatic rings. The zero-order valence-corrected chi connectivity index (χ0v) is 14.6. The molecule has 1 aromatic heterocycles. The first-order valence-corrected chi connectivity index (χ1v) is 8.64. The SMILES string of the molecule is O=C(NCCN1CCOCC1)c1ccc(COc2cccc(Cl)c2)o1. The van der Waals surface area contributed by atoms with Crippen molar-refractivity contribution in [1.29, 1.82) is 0 Å². The molecular formula is C18H21ClN2O4. The molecule has 7 heteroatoms. The average Bonchev–Trinajstić information content (AvgIpc) is 3.10. The third-order valence-electron chi connectivity index (χ3n) is 3.88. The number of nitrogens with one attached hydrogen (secondary N) is 1. The maximum atomic E-state index is 12.1. The summed E-state index contributed by atoms with van der Waals surface area (Å²) in [4.78, 5) is 14.4. The smallest absolute Gasteiger partial charge is 0.287 e. The Hall–Kier alpha value is -2.02. The van der Waals surface area contributed by atoms with E-state index in [9.17, 15) is 4.79 Å². The highest BCUT2D eigenvalue weighted by Gasteiger charge is 2.13.